The molecule has 0 radical (unpaired) electrons. The molecule has 0 amide bonds. The van der Waals surface area contributed by atoms with E-state index in [9.17, 15) is 0 Å². The van der Waals surface area contributed by atoms with Crippen molar-refractivity contribution < 1.29 is 0 Å². The van der Waals surface area contributed by atoms with E-state index in [1.54, 1.807) is 0 Å². The van der Waals surface area contributed by atoms with Gasteiger partial charge in [0.25, 0.3) is 0 Å². The smallest absolute Gasteiger partial charge is 0.0649 e. The molecule has 0 bridgehead atoms. The summed E-state index contributed by atoms with van der Waals surface area (Å²) >= 11 is 0. The Hall–Kier alpha value is -1.37. The number of aliphatic imine (C=N–C) groups is 1. The number of aryl methyl sites for hydroxylation is 1. The molecule has 1 heterocycles. The van der Waals surface area contributed by atoms with Gasteiger partial charge in [-0.15, -0.1) is 0 Å². The molecule has 0 atom stereocenters. The van der Waals surface area contributed by atoms with Crippen molar-refractivity contribution in [3.8, 4) is 0 Å². The van der Waals surface area contributed by atoms with E-state index in [0.29, 0.717) is 0 Å². The number of hydrogen-bond donors (Lipinski definition) is 0. The van der Waals surface area contributed by atoms with Crippen LogP contribution in [0.15, 0.2) is 35.3 Å². The maximum atomic E-state index is 4.34. The van der Waals surface area contributed by atoms with Gasteiger partial charge < -0.3 is 0 Å². The van der Waals surface area contributed by atoms with Crippen molar-refractivity contribution in [1.82, 2.24) is 0 Å². The minimum atomic E-state index is 0.842. The molecule has 0 aliphatic carbocycles. The topological polar surface area (TPSA) is 12.4 Å². The quantitative estimate of drug-likeness (QED) is 0.616. The van der Waals surface area contributed by atoms with Gasteiger partial charge in [-0.05, 0) is 31.1 Å². The first-order valence-electron chi connectivity index (χ1n) is 4.54. The fourth-order valence-electron chi connectivity index (χ4n) is 1.50. The van der Waals surface area contributed by atoms with Crippen molar-refractivity contribution in [1.29, 1.82) is 0 Å². The van der Waals surface area contributed by atoms with Crippen LogP contribution >= 0.6 is 0 Å². The summed E-state index contributed by atoms with van der Waals surface area (Å²) in [6, 6.07) is 8.61. The molecule has 0 saturated carbocycles. The lowest BCUT2D eigenvalue weighted by molar-refractivity contribution is 1.28. The molecule has 2 rings (SSSR count). The SMILES string of the molecule is CC1=NCC(c2ccc(C)cc2)=C1. The minimum Gasteiger partial charge on any atom is -0.285 e. The third-order valence-corrected chi connectivity index (χ3v) is 2.30. The van der Waals surface area contributed by atoms with Crippen LogP contribution in [0.4, 0.5) is 0 Å². The zero-order valence-corrected chi connectivity index (χ0v) is 8.04. The molecule has 1 aliphatic heterocycles. The van der Waals surface area contributed by atoms with E-state index in [1.165, 1.54) is 16.7 Å². The van der Waals surface area contributed by atoms with Crippen LogP contribution < -0.4 is 0 Å². The second kappa shape index (κ2) is 3.17. The van der Waals surface area contributed by atoms with E-state index in [2.05, 4.69) is 42.3 Å². The Morgan fingerprint density at radius 3 is 2.31 bits per heavy atom. The molecule has 1 heteroatoms. The molecule has 0 aromatic heterocycles. The Morgan fingerprint density at radius 1 is 1.08 bits per heavy atom. The molecule has 1 aromatic rings. The zero-order chi connectivity index (χ0) is 9.26. The summed E-state index contributed by atoms with van der Waals surface area (Å²) in [5.74, 6) is 0. The Bertz CT molecular complexity index is 369. The first-order chi connectivity index (χ1) is 6.25. The average Bonchev–Trinajstić information content (AvgIpc) is 2.53. The number of benzene rings is 1. The Balaban J connectivity index is 2.28. The number of rotatable bonds is 1. The van der Waals surface area contributed by atoms with Gasteiger partial charge in [0, 0.05) is 5.71 Å². The van der Waals surface area contributed by atoms with E-state index in [0.717, 1.165) is 12.3 Å². The van der Waals surface area contributed by atoms with Gasteiger partial charge in [0.05, 0.1) is 6.54 Å². The molecule has 66 valence electrons. The molecule has 0 saturated heterocycles. The van der Waals surface area contributed by atoms with Gasteiger partial charge in [-0.1, -0.05) is 29.8 Å². The van der Waals surface area contributed by atoms with E-state index in [-0.39, 0.29) is 0 Å². The van der Waals surface area contributed by atoms with Crippen molar-refractivity contribution in [2.75, 3.05) is 6.54 Å². The number of hydrogen-bond acceptors (Lipinski definition) is 1. The largest absolute Gasteiger partial charge is 0.285 e. The lowest BCUT2D eigenvalue weighted by Gasteiger charge is -2.00. The van der Waals surface area contributed by atoms with Crippen molar-refractivity contribution in [3.05, 3.63) is 41.5 Å². The van der Waals surface area contributed by atoms with Gasteiger partial charge in [-0.25, -0.2) is 0 Å². The van der Waals surface area contributed by atoms with Gasteiger partial charge in [0.2, 0.25) is 0 Å². The number of allylic oxidation sites excluding steroid dienone is 1. The van der Waals surface area contributed by atoms with Crippen molar-refractivity contribution >= 4 is 11.3 Å². The average molecular weight is 171 g/mol. The molecule has 1 aromatic carbocycles. The highest BCUT2D eigenvalue weighted by atomic mass is 14.7. The van der Waals surface area contributed by atoms with Gasteiger partial charge in [0.1, 0.15) is 0 Å². The fraction of sp³-hybridized carbons (Fsp3) is 0.250. The van der Waals surface area contributed by atoms with Crippen LogP contribution in [0.25, 0.3) is 5.57 Å². The summed E-state index contributed by atoms with van der Waals surface area (Å²) in [6.45, 7) is 4.99. The molecule has 13 heavy (non-hydrogen) atoms. The standard InChI is InChI=1S/C12H13N/c1-9-3-5-11(6-4-9)12-7-10(2)13-8-12/h3-7H,8H2,1-2H3. The van der Waals surface area contributed by atoms with E-state index >= 15 is 0 Å². The second-order valence-corrected chi connectivity index (χ2v) is 3.49. The number of nitrogens with zero attached hydrogens (tertiary/aromatic N) is 1. The predicted octanol–water partition coefficient (Wildman–Crippen LogP) is 2.85. The summed E-state index contributed by atoms with van der Waals surface area (Å²) in [5, 5.41) is 0. The highest BCUT2D eigenvalue weighted by Crippen LogP contribution is 2.19. The Kier molecular flexibility index (Phi) is 2.01. The second-order valence-electron chi connectivity index (χ2n) is 3.49. The van der Waals surface area contributed by atoms with Crippen molar-refractivity contribution in [3.63, 3.8) is 0 Å². The lowest BCUT2D eigenvalue weighted by atomic mass is 10.0. The predicted molar refractivity (Wildman–Crippen MR) is 57.1 cm³/mol. The van der Waals surface area contributed by atoms with Gasteiger partial charge >= 0.3 is 0 Å². The molecule has 0 unspecified atom stereocenters. The van der Waals surface area contributed by atoms with Crippen LogP contribution in [-0.2, 0) is 0 Å². The monoisotopic (exact) mass is 171 g/mol. The maximum Gasteiger partial charge on any atom is 0.0649 e. The van der Waals surface area contributed by atoms with Crippen molar-refractivity contribution in [2.45, 2.75) is 13.8 Å². The lowest BCUT2D eigenvalue weighted by Crippen LogP contribution is -1.84. The van der Waals surface area contributed by atoms with Crippen LogP contribution in [-0.4, -0.2) is 12.3 Å². The van der Waals surface area contributed by atoms with Crippen LogP contribution in [0.3, 0.4) is 0 Å². The van der Waals surface area contributed by atoms with E-state index in [4.69, 9.17) is 0 Å². The summed E-state index contributed by atoms with van der Waals surface area (Å²) in [6.07, 6.45) is 2.16. The van der Waals surface area contributed by atoms with Crippen LogP contribution in [0.1, 0.15) is 18.1 Å². The highest BCUT2D eigenvalue weighted by Gasteiger charge is 2.06. The van der Waals surface area contributed by atoms with Crippen LogP contribution in [0, 0.1) is 6.92 Å². The van der Waals surface area contributed by atoms with Gasteiger partial charge in [-0.2, -0.15) is 0 Å². The maximum absolute atomic E-state index is 4.34. The first-order valence-corrected chi connectivity index (χ1v) is 4.54. The molecule has 1 nitrogen and oxygen atoms in total. The summed E-state index contributed by atoms with van der Waals surface area (Å²) < 4.78 is 0. The summed E-state index contributed by atoms with van der Waals surface area (Å²) in [5.41, 5.74) is 5.07. The Morgan fingerprint density at radius 2 is 1.77 bits per heavy atom. The van der Waals surface area contributed by atoms with Crippen LogP contribution in [0.5, 0.6) is 0 Å². The first kappa shape index (κ1) is 8.24. The molecule has 0 fully saturated rings. The summed E-state index contributed by atoms with van der Waals surface area (Å²) in [4.78, 5) is 4.34. The third kappa shape index (κ3) is 1.69. The molecule has 1 aliphatic rings. The van der Waals surface area contributed by atoms with E-state index in [1.807, 2.05) is 6.92 Å². The molecular weight excluding hydrogens is 158 g/mol. The zero-order valence-electron chi connectivity index (χ0n) is 8.04. The van der Waals surface area contributed by atoms with Gasteiger partial charge in [-0.3, -0.25) is 4.99 Å². The molecule has 0 spiro atoms. The van der Waals surface area contributed by atoms with Crippen LogP contribution in [0.2, 0.25) is 0 Å². The van der Waals surface area contributed by atoms with E-state index < -0.39 is 0 Å². The Labute approximate surface area is 78.8 Å². The normalized spacial score (nSPS) is 15.5. The highest BCUT2D eigenvalue weighted by molar-refractivity contribution is 6.03. The minimum absolute atomic E-state index is 0.842. The fourth-order valence-corrected chi connectivity index (χ4v) is 1.50. The third-order valence-electron chi connectivity index (χ3n) is 2.30. The molecule has 0 N–H and O–H groups in total. The summed E-state index contributed by atoms with van der Waals surface area (Å²) in [7, 11) is 0. The molecular formula is C12H13N. The van der Waals surface area contributed by atoms with Gasteiger partial charge in [0.15, 0.2) is 0 Å². The van der Waals surface area contributed by atoms with Crippen molar-refractivity contribution in [2.24, 2.45) is 4.99 Å².